The molecule has 17 aromatic rings. The van der Waals surface area contributed by atoms with Crippen molar-refractivity contribution in [1.29, 1.82) is 21.0 Å². The van der Waals surface area contributed by atoms with Gasteiger partial charge >= 0.3 is 0 Å². The van der Waals surface area contributed by atoms with E-state index in [0.717, 1.165) is 133 Å². The highest BCUT2D eigenvalue weighted by molar-refractivity contribution is 6.12. The summed E-state index contributed by atoms with van der Waals surface area (Å²) in [5, 5.41) is 44.1. The van der Waals surface area contributed by atoms with Crippen LogP contribution in [0.1, 0.15) is 22.3 Å². The van der Waals surface area contributed by atoms with Gasteiger partial charge in [-0.05, 0) is 136 Å². The maximum atomic E-state index is 10.3. The number of hydrogen-bond acceptors (Lipinski definition) is 10. The van der Waals surface area contributed by atoms with E-state index in [-0.39, 0.29) is 0 Å². The zero-order valence-corrected chi connectivity index (χ0v) is 53.2. The van der Waals surface area contributed by atoms with Gasteiger partial charge in [0.25, 0.3) is 0 Å². The second kappa shape index (κ2) is 25.0. The SMILES string of the molecule is N#Cc1ccc(-c2ccc3c(c2)c2ccccc2n3-c2ccc(-c3cccc(-c4ccc(-n5c6ccccc6c6cc(-c7ccc(C#N)cc7C#N)ccc65)cc4-c4nc(-c5ccccc5)nc(-c5ccccc5)n4)c3)c(-c3nc(-c4ccccc4)nc(-c4ccccc4)n3)c2)c(C#N)c1. The molecule has 0 aliphatic heterocycles. The first kappa shape index (κ1) is 59.2. The van der Waals surface area contributed by atoms with E-state index in [2.05, 4.69) is 143 Å². The molecule has 0 radical (unpaired) electrons. The average Bonchev–Trinajstić information content (AvgIpc) is 1.58. The average molecular weight is 1280 g/mol. The van der Waals surface area contributed by atoms with Gasteiger partial charge in [-0.25, -0.2) is 29.9 Å². The van der Waals surface area contributed by atoms with Crippen molar-refractivity contribution < 1.29 is 0 Å². The minimum Gasteiger partial charge on any atom is -0.309 e. The number of para-hydroxylation sites is 2. The van der Waals surface area contributed by atoms with Gasteiger partial charge in [0.1, 0.15) is 0 Å². The fraction of sp³-hybridized carbons (Fsp3) is 0. The largest absolute Gasteiger partial charge is 0.309 e. The third-order valence-electron chi connectivity index (χ3n) is 18.4. The van der Waals surface area contributed by atoms with Gasteiger partial charge in [-0.2, -0.15) is 21.0 Å². The van der Waals surface area contributed by atoms with Gasteiger partial charge in [0, 0.05) is 66.3 Å². The minimum absolute atomic E-state index is 0.426. The Balaban J connectivity index is 0.885. The van der Waals surface area contributed by atoms with Gasteiger partial charge in [-0.3, -0.25) is 0 Å². The van der Waals surface area contributed by atoms with Crippen molar-refractivity contribution in [3.8, 4) is 148 Å². The first-order valence-electron chi connectivity index (χ1n) is 32.5. The van der Waals surface area contributed by atoms with Crippen molar-refractivity contribution in [2.24, 2.45) is 0 Å². The second-order valence-corrected chi connectivity index (χ2v) is 24.3. The van der Waals surface area contributed by atoms with Crippen LogP contribution in [-0.2, 0) is 0 Å². The van der Waals surface area contributed by atoms with Gasteiger partial charge < -0.3 is 9.13 Å². The summed E-state index contributed by atoms with van der Waals surface area (Å²) in [4.78, 5) is 31.9. The molecule has 4 aromatic heterocycles. The standard InChI is InChI=1S/C88H50N12/c89-51-55-32-38-69(65(44-55)53-91)63-34-42-81-75(47-63)73-28-13-15-30-79(73)99(81)67-36-40-71(77(49-67)87-95-83(57-18-5-1-6-19-57)93-84(96-87)58-20-7-2-8-21-58)61-26-17-27-62(46-61)72-41-37-68(50-78(72)88-97-85(59-22-9-3-10-23-59)94-86(98-88)60-24-11-4-12-25-60)100-80-31-16-14-29-74(80)76-48-64(35-43-82(76)100)70-39-33-56(52-90)45-66(70)54-92/h1-50H. The smallest absolute Gasteiger partial charge is 0.164 e. The molecule has 13 aromatic carbocycles. The summed E-state index contributed by atoms with van der Waals surface area (Å²) in [6.07, 6.45) is 0. The summed E-state index contributed by atoms with van der Waals surface area (Å²) < 4.78 is 4.54. The number of rotatable bonds is 12. The maximum Gasteiger partial charge on any atom is 0.164 e. The zero-order chi connectivity index (χ0) is 67.2. The highest BCUT2D eigenvalue weighted by atomic mass is 15.1. The molecule has 17 rings (SSSR count). The molecule has 100 heavy (non-hydrogen) atoms. The maximum absolute atomic E-state index is 10.3. The Morgan fingerprint density at radius 2 is 0.530 bits per heavy atom. The van der Waals surface area contributed by atoms with E-state index in [1.165, 1.54) is 0 Å². The first-order valence-corrected chi connectivity index (χ1v) is 32.5. The molecule has 12 nitrogen and oxygen atoms in total. The van der Waals surface area contributed by atoms with E-state index in [9.17, 15) is 21.0 Å². The van der Waals surface area contributed by atoms with Gasteiger partial charge in [0.15, 0.2) is 34.9 Å². The summed E-state index contributed by atoms with van der Waals surface area (Å²) in [6, 6.07) is 110. The van der Waals surface area contributed by atoms with E-state index >= 15 is 0 Å². The number of nitriles is 4. The minimum atomic E-state index is 0.426. The molecule has 0 saturated carbocycles. The molecule has 0 amide bonds. The number of nitrogens with zero attached hydrogens (tertiary/aromatic N) is 12. The van der Waals surface area contributed by atoms with E-state index in [4.69, 9.17) is 29.9 Å². The number of hydrogen-bond donors (Lipinski definition) is 0. The third kappa shape index (κ3) is 10.6. The molecule has 0 fully saturated rings. The van der Waals surface area contributed by atoms with Gasteiger partial charge in [-0.15, -0.1) is 0 Å². The van der Waals surface area contributed by atoms with Crippen molar-refractivity contribution in [2.75, 3.05) is 0 Å². The summed E-state index contributed by atoms with van der Waals surface area (Å²) in [7, 11) is 0. The van der Waals surface area contributed by atoms with Gasteiger partial charge in [0.2, 0.25) is 0 Å². The highest BCUT2D eigenvalue weighted by Gasteiger charge is 2.24. The van der Waals surface area contributed by atoms with Crippen molar-refractivity contribution in [1.82, 2.24) is 39.0 Å². The van der Waals surface area contributed by atoms with Crippen LogP contribution in [0.15, 0.2) is 303 Å². The van der Waals surface area contributed by atoms with Crippen LogP contribution in [0, 0.1) is 45.3 Å². The van der Waals surface area contributed by atoms with Crippen LogP contribution in [0.4, 0.5) is 0 Å². The predicted octanol–water partition coefficient (Wildman–Crippen LogP) is 20.4. The van der Waals surface area contributed by atoms with Crippen LogP contribution in [0.3, 0.4) is 0 Å². The summed E-state index contributed by atoms with van der Waals surface area (Å²) >= 11 is 0. The summed E-state index contributed by atoms with van der Waals surface area (Å²) in [5.74, 6) is 3.03. The normalized spacial score (nSPS) is 11.2. The van der Waals surface area contributed by atoms with E-state index in [0.29, 0.717) is 57.2 Å². The summed E-state index contributed by atoms with van der Waals surface area (Å²) in [6.45, 7) is 0. The molecule has 0 saturated heterocycles. The Hall–Kier alpha value is -14.6. The van der Waals surface area contributed by atoms with Crippen molar-refractivity contribution in [3.05, 3.63) is 326 Å². The zero-order valence-electron chi connectivity index (χ0n) is 53.2. The predicted molar refractivity (Wildman–Crippen MR) is 395 cm³/mol. The van der Waals surface area contributed by atoms with Crippen molar-refractivity contribution in [2.45, 2.75) is 0 Å². The molecule has 0 spiro atoms. The fourth-order valence-electron chi connectivity index (χ4n) is 13.7. The van der Waals surface area contributed by atoms with E-state index in [1.54, 1.807) is 24.3 Å². The lowest BCUT2D eigenvalue weighted by Crippen LogP contribution is -2.03. The monoisotopic (exact) mass is 1270 g/mol. The lowest BCUT2D eigenvalue weighted by molar-refractivity contribution is 1.07. The van der Waals surface area contributed by atoms with Crippen LogP contribution >= 0.6 is 0 Å². The van der Waals surface area contributed by atoms with Gasteiger partial charge in [-0.1, -0.05) is 212 Å². The second-order valence-electron chi connectivity index (χ2n) is 24.3. The fourth-order valence-corrected chi connectivity index (χ4v) is 13.7. The molecule has 0 N–H and O–H groups in total. The Morgan fingerprint density at radius 3 is 0.900 bits per heavy atom. The Bertz CT molecular complexity index is 5830. The quantitative estimate of drug-likeness (QED) is 0.114. The van der Waals surface area contributed by atoms with Crippen LogP contribution in [0.2, 0.25) is 0 Å². The van der Waals surface area contributed by atoms with Crippen LogP contribution in [0.25, 0.3) is 168 Å². The van der Waals surface area contributed by atoms with E-state index < -0.39 is 0 Å². The molecular formula is C88H50N12. The van der Waals surface area contributed by atoms with Crippen LogP contribution in [-0.4, -0.2) is 39.0 Å². The molecule has 0 aliphatic rings. The third-order valence-corrected chi connectivity index (χ3v) is 18.4. The van der Waals surface area contributed by atoms with Crippen LogP contribution < -0.4 is 0 Å². The summed E-state index contributed by atoms with van der Waals surface area (Å²) in [5.41, 5.74) is 18.9. The van der Waals surface area contributed by atoms with Crippen LogP contribution in [0.5, 0.6) is 0 Å². The number of fused-ring (bicyclic) bond motifs is 6. The Kier molecular flexibility index (Phi) is 14.8. The molecular weight excluding hydrogens is 1230 g/mol. The lowest BCUT2D eigenvalue weighted by atomic mass is 9.92. The number of benzene rings is 13. The lowest BCUT2D eigenvalue weighted by Gasteiger charge is -2.18. The molecule has 462 valence electrons. The number of aromatic nitrogens is 8. The Labute approximate surface area is 574 Å². The molecule has 0 unspecified atom stereocenters. The molecule has 0 bridgehead atoms. The molecule has 4 heterocycles. The highest BCUT2D eigenvalue weighted by Crippen LogP contribution is 2.44. The molecule has 12 heteroatoms. The topological polar surface area (TPSA) is 182 Å². The first-order chi connectivity index (χ1) is 49.4. The molecule has 0 atom stereocenters. The van der Waals surface area contributed by atoms with Crippen molar-refractivity contribution in [3.63, 3.8) is 0 Å². The van der Waals surface area contributed by atoms with Crippen molar-refractivity contribution >= 4 is 43.6 Å². The molecule has 0 aliphatic carbocycles. The van der Waals surface area contributed by atoms with E-state index in [1.807, 2.05) is 170 Å². The Morgan fingerprint density at radius 1 is 0.210 bits per heavy atom. The van der Waals surface area contributed by atoms with Gasteiger partial charge in [0.05, 0.1) is 68.6 Å².